The average Bonchev–Trinajstić information content (AvgIpc) is 3.33. The van der Waals surface area contributed by atoms with Gasteiger partial charge in [0.05, 0.1) is 13.2 Å². The molecule has 31 heavy (non-hydrogen) atoms. The van der Waals surface area contributed by atoms with Gasteiger partial charge in [-0.2, -0.15) is 0 Å². The monoisotopic (exact) mass is 446 g/mol. The molecule has 0 amide bonds. The van der Waals surface area contributed by atoms with Crippen LogP contribution in [0.25, 0.3) is 0 Å². The molecule has 5 fully saturated rings. The smallest absolute Gasteiger partial charge is 0.287 e. The molecular formula is C19H30N2O10. The number of ether oxygens (including phenoxy) is 7. The SMILES string of the molecule is CC1(C)O[C@H]2[C@@H](O1)[C@@H](CN=C1N[C@@H]3O[C@H](CO)[C@@H](O)[C@H](O)[C@H]3O1)O[C@@H]1OC(C)(C)O[C@@H]12. The maximum absolute atomic E-state index is 10.3. The van der Waals surface area contributed by atoms with Crippen LogP contribution in [0.2, 0.25) is 0 Å². The Kier molecular flexibility index (Phi) is 5.24. The van der Waals surface area contributed by atoms with Crippen LogP contribution < -0.4 is 5.32 Å². The van der Waals surface area contributed by atoms with Crippen molar-refractivity contribution < 1.29 is 48.5 Å². The molecule has 4 N–H and O–H groups in total. The molecule has 0 aliphatic carbocycles. The molecule has 0 aromatic heterocycles. The molecule has 5 aliphatic heterocycles. The number of aliphatic hydroxyl groups excluding tert-OH is 3. The third kappa shape index (κ3) is 3.83. The summed E-state index contributed by atoms with van der Waals surface area (Å²) in [5.74, 6) is -1.61. The molecule has 176 valence electrons. The lowest BCUT2D eigenvalue weighted by Crippen LogP contribution is -2.59. The lowest BCUT2D eigenvalue weighted by atomic mass is 9.99. The Bertz CT molecular complexity index is 732. The highest BCUT2D eigenvalue weighted by molar-refractivity contribution is 5.76. The van der Waals surface area contributed by atoms with E-state index in [1.807, 2.05) is 27.7 Å². The number of aliphatic hydroxyl groups is 3. The fourth-order valence-corrected chi connectivity index (χ4v) is 4.72. The van der Waals surface area contributed by atoms with Crippen LogP contribution in [0.4, 0.5) is 0 Å². The summed E-state index contributed by atoms with van der Waals surface area (Å²) in [4.78, 5) is 4.43. The lowest BCUT2D eigenvalue weighted by Gasteiger charge is -2.37. The topological polar surface area (TPSA) is 150 Å². The van der Waals surface area contributed by atoms with Gasteiger partial charge in [-0.3, -0.25) is 0 Å². The van der Waals surface area contributed by atoms with Crippen molar-refractivity contribution in [3.05, 3.63) is 0 Å². The van der Waals surface area contributed by atoms with E-state index in [2.05, 4.69) is 10.3 Å². The van der Waals surface area contributed by atoms with E-state index in [4.69, 9.17) is 33.2 Å². The first kappa shape index (κ1) is 21.7. The third-order valence-electron chi connectivity index (χ3n) is 6.05. The molecule has 5 rings (SSSR count). The van der Waals surface area contributed by atoms with E-state index in [9.17, 15) is 15.3 Å². The summed E-state index contributed by atoms with van der Waals surface area (Å²) in [5.41, 5.74) is 0. The predicted molar refractivity (Wildman–Crippen MR) is 101 cm³/mol. The number of aliphatic imine (C=N–C) groups is 1. The summed E-state index contributed by atoms with van der Waals surface area (Å²) in [5, 5.41) is 32.5. The fraction of sp³-hybridized carbons (Fsp3) is 0.947. The first-order valence-electron chi connectivity index (χ1n) is 10.5. The second kappa shape index (κ2) is 7.47. The van der Waals surface area contributed by atoms with E-state index in [0.717, 1.165) is 0 Å². The third-order valence-corrected chi connectivity index (χ3v) is 6.05. The van der Waals surface area contributed by atoms with Gasteiger partial charge in [0.15, 0.2) is 30.2 Å². The van der Waals surface area contributed by atoms with Gasteiger partial charge in [-0.15, -0.1) is 0 Å². The van der Waals surface area contributed by atoms with Crippen molar-refractivity contribution in [2.24, 2.45) is 4.99 Å². The highest BCUT2D eigenvalue weighted by atomic mass is 16.9. The molecule has 0 unspecified atom stereocenters. The zero-order chi connectivity index (χ0) is 22.1. The van der Waals surface area contributed by atoms with Crippen LogP contribution in [-0.2, 0) is 33.2 Å². The maximum atomic E-state index is 10.3. The highest BCUT2D eigenvalue weighted by Gasteiger charge is 2.60. The van der Waals surface area contributed by atoms with Crippen LogP contribution in [0.15, 0.2) is 4.99 Å². The zero-order valence-electron chi connectivity index (χ0n) is 17.8. The van der Waals surface area contributed by atoms with Crippen molar-refractivity contribution in [1.29, 1.82) is 0 Å². The lowest BCUT2D eigenvalue weighted by molar-refractivity contribution is -0.231. The number of nitrogens with one attached hydrogen (secondary N) is 1. The molecule has 0 saturated carbocycles. The van der Waals surface area contributed by atoms with Gasteiger partial charge in [0.2, 0.25) is 0 Å². The maximum Gasteiger partial charge on any atom is 0.287 e. The van der Waals surface area contributed by atoms with Gasteiger partial charge in [0, 0.05) is 0 Å². The van der Waals surface area contributed by atoms with Gasteiger partial charge in [-0.25, -0.2) is 4.99 Å². The van der Waals surface area contributed by atoms with Gasteiger partial charge in [-0.1, -0.05) is 0 Å². The second-order valence-electron chi connectivity index (χ2n) is 9.34. The molecule has 12 nitrogen and oxygen atoms in total. The summed E-state index contributed by atoms with van der Waals surface area (Å²) in [6.45, 7) is 7.03. The second-order valence-corrected chi connectivity index (χ2v) is 9.34. The number of nitrogens with zero attached hydrogens (tertiary/aromatic N) is 1. The van der Waals surface area contributed by atoms with Crippen LogP contribution in [0, 0.1) is 0 Å². The van der Waals surface area contributed by atoms with Crippen molar-refractivity contribution in [2.45, 2.75) is 101 Å². The summed E-state index contributed by atoms with van der Waals surface area (Å²) in [6.07, 6.45) is -7.34. The average molecular weight is 446 g/mol. The summed E-state index contributed by atoms with van der Waals surface area (Å²) in [7, 11) is 0. The van der Waals surface area contributed by atoms with Crippen molar-refractivity contribution >= 4 is 6.02 Å². The van der Waals surface area contributed by atoms with Gasteiger partial charge < -0.3 is 53.8 Å². The van der Waals surface area contributed by atoms with Crippen LogP contribution >= 0.6 is 0 Å². The Balaban J connectivity index is 1.29. The predicted octanol–water partition coefficient (Wildman–Crippen LogP) is -1.83. The number of rotatable bonds is 3. The van der Waals surface area contributed by atoms with E-state index in [0.29, 0.717) is 0 Å². The molecule has 0 aromatic carbocycles. The highest BCUT2D eigenvalue weighted by Crippen LogP contribution is 2.44. The van der Waals surface area contributed by atoms with E-state index in [-0.39, 0.29) is 18.7 Å². The molecule has 0 spiro atoms. The molecule has 10 atom stereocenters. The molecule has 12 heteroatoms. The Morgan fingerprint density at radius 1 is 0.839 bits per heavy atom. The number of hydrogen-bond donors (Lipinski definition) is 4. The minimum atomic E-state index is -1.26. The van der Waals surface area contributed by atoms with Crippen LogP contribution in [0.5, 0.6) is 0 Å². The largest absolute Gasteiger partial charge is 0.454 e. The van der Waals surface area contributed by atoms with E-state index < -0.39 is 73.4 Å². The number of hydrogen-bond acceptors (Lipinski definition) is 11. The van der Waals surface area contributed by atoms with Crippen LogP contribution in [-0.4, -0.2) is 107 Å². The van der Waals surface area contributed by atoms with Crippen molar-refractivity contribution in [3.63, 3.8) is 0 Å². The van der Waals surface area contributed by atoms with E-state index in [1.54, 1.807) is 0 Å². The van der Waals surface area contributed by atoms with E-state index >= 15 is 0 Å². The Hall–Kier alpha value is -1.09. The zero-order valence-corrected chi connectivity index (χ0v) is 17.8. The minimum Gasteiger partial charge on any atom is -0.454 e. The molecule has 0 aromatic rings. The normalized spacial score (nSPS) is 51.0. The molecule has 5 saturated heterocycles. The standard InChI is InChI=1S/C19H30N2O10/c1-18(2)28-11-7(26-16-14(13(11)29-18)30-19(3,4)31-16)5-20-17-21-15-12(27-17)10(24)9(23)8(6-22)25-15/h7-16,22-24H,5-6H2,1-4H3,(H,20,21)/t7-,8-,9-,10+,11+,12-,13+,14-,15-,16-/m1/s1. The Morgan fingerprint density at radius 2 is 1.52 bits per heavy atom. The molecule has 0 radical (unpaired) electrons. The van der Waals surface area contributed by atoms with Gasteiger partial charge >= 0.3 is 0 Å². The molecule has 0 bridgehead atoms. The quantitative estimate of drug-likeness (QED) is 0.388. The molecule has 5 heterocycles. The fourth-order valence-electron chi connectivity index (χ4n) is 4.72. The summed E-state index contributed by atoms with van der Waals surface area (Å²) >= 11 is 0. The van der Waals surface area contributed by atoms with Crippen molar-refractivity contribution in [1.82, 2.24) is 5.32 Å². The molecule has 5 aliphatic rings. The number of fused-ring (bicyclic) bond motifs is 4. The van der Waals surface area contributed by atoms with Gasteiger partial charge in [0.1, 0.15) is 42.7 Å². The Labute approximate surface area is 179 Å². The summed E-state index contributed by atoms with van der Waals surface area (Å²) in [6, 6.07) is 0.143. The van der Waals surface area contributed by atoms with E-state index in [1.165, 1.54) is 0 Å². The minimum absolute atomic E-state index is 0.143. The Morgan fingerprint density at radius 3 is 2.26 bits per heavy atom. The van der Waals surface area contributed by atoms with Crippen LogP contribution in [0.1, 0.15) is 27.7 Å². The van der Waals surface area contributed by atoms with Gasteiger partial charge in [0.25, 0.3) is 6.02 Å². The number of amidine groups is 1. The van der Waals surface area contributed by atoms with Gasteiger partial charge in [-0.05, 0) is 27.7 Å². The van der Waals surface area contributed by atoms with Crippen molar-refractivity contribution in [3.8, 4) is 0 Å². The van der Waals surface area contributed by atoms with Crippen molar-refractivity contribution in [2.75, 3.05) is 13.2 Å². The summed E-state index contributed by atoms with van der Waals surface area (Å²) < 4.78 is 41.3. The molecular weight excluding hydrogens is 416 g/mol. The first-order valence-corrected chi connectivity index (χ1v) is 10.5. The first-order chi connectivity index (χ1) is 14.6. The van der Waals surface area contributed by atoms with Crippen LogP contribution in [0.3, 0.4) is 0 Å².